The second-order valence-electron chi connectivity index (χ2n) is 6.03. The fourth-order valence-corrected chi connectivity index (χ4v) is 3.26. The summed E-state index contributed by atoms with van der Waals surface area (Å²) in [6, 6.07) is 5.70. The summed E-state index contributed by atoms with van der Waals surface area (Å²) in [5.41, 5.74) is 13.9. The number of amides is 1. The lowest BCUT2D eigenvalue weighted by atomic mass is 9.73. The Morgan fingerprint density at radius 1 is 1.45 bits per heavy atom. The Morgan fingerprint density at radius 3 is 2.75 bits per heavy atom. The third kappa shape index (κ3) is 2.80. The van der Waals surface area contributed by atoms with Crippen molar-refractivity contribution < 1.29 is 4.79 Å². The van der Waals surface area contributed by atoms with Crippen molar-refractivity contribution in [3.8, 4) is 0 Å². The third-order valence-electron chi connectivity index (χ3n) is 4.70. The van der Waals surface area contributed by atoms with Crippen LogP contribution in [0.4, 0.5) is 5.69 Å². The highest BCUT2D eigenvalue weighted by Gasteiger charge is 2.36. The van der Waals surface area contributed by atoms with Crippen LogP contribution in [0.3, 0.4) is 0 Å². The molecule has 1 amide bonds. The van der Waals surface area contributed by atoms with E-state index in [-0.39, 0.29) is 11.4 Å². The molecule has 2 unspecified atom stereocenters. The highest BCUT2D eigenvalue weighted by atomic mass is 16.1. The van der Waals surface area contributed by atoms with Crippen LogP contribution in [0.5, 0.6) is 0 Å². The Balaban J connectivity index is 2.23. The fourth-order valence-electron chi connectivity index (χ4n) is 3.26. The van der Waals surface area contributed by atoms with Gasteiger partial charge in [0.05, 0.1) is 5.54 Å². The molecule has 0 aliphatic heterocycles. The normalized spacial score (nSPS) is 26.2. The molecular formula is C16H25N3O. The lowest BCUT2D eigenvalue weighted by Crippen LogP contribution is -2.52. The van der Waals surface area contributed by atoms with Gasteiger partial charge >= 0.3 is 0 Å². The molecule has 0 aromatic heterocycles. The topological polar surface area (TPSA) is 81.1 Å². The maximum absolute atomic E-state index is 11.3. The number of aryl methyl sites for hydroxylation is 1. The number of hydrogen-bond acceptors (Lipinski definition) is 3. The predicted molar refractivity (Wildman–Crippen MR) is 82.7 cm³/mol. The average molecular weight is 275 g/mol. The van der Waals surface area contributed by atoms with Crippen molar-refractivity contribution in [3.63, 3.8) is 0 Å². The molecule has 1 aromatic carbocycles. The number of nitrogens with two attached hydrogens (primary N) is 2. The fraction of sp³-hybridized carbons (Fsp3) is 0.562. The van der Waals surface area contributed by atoms with Gasteiger partial charge in [0.2, 0.25) is 5.91 Å². The van der Waals surface area contributed by atoms with Crippen molar-refractivity contribution >= 4 is 11.6 Å². The van der Waals surface area contributed by atoms with Crippen molar-refractivity contribution in [2.75, 3.05) is 11.9 Å². The van der Waals surface area contributed by atoms with Crippen molar-refractivity contribution in [1.82, 2.24) is 0 Å². The summed E-state index contributed by atoms with van der Waals surface area (Å²) in [4.78, 5) is 11.3. The van der Waals surface area contributed by atoms with Gasteiger partial charge in [0.25, 0.3) is 0 Å². The van der Waals surface area contributed by atoms with Crippen LogP contribution in [-0.4, -0.2) is 18.0 Å². The highest BCUT2D eigenvalue weighted by Crippen LogP contribution is 2.36. The summed E-state index contributed by atoms with van der Waals surface area (Å²) in [6.45, 7) is 4.80. The minimum Gasteiger partial charge on any atom is -0.378 e. The van der Waals surface area contributed by atoms with Gasteiger partial charge in [-0.15, -0.1) is 0 Å². The largest absolute Gasteiger partial charge is 0.378 e. The summed E-state index contributed by atoms with van der Waals surface area (Å²) < 4.78 is 0. The van der Waals surface area contributed by atoms with Crippen molar-refractivity contribution in [2.24, 2.45) is 17.4 Å². The number of rotatable bonds is 4. The van der Waals surface area contributed by atoms with Gasteiger partial charge in [-0.25, -0.2) is 0 Å². The van der Waals surface area contributed by atoms with E-state index in [1.165, 1.54) is 19.3 Å². The summed E-state index contributed by atoms with van der Waals surface area (Å²) in [7, 11) is 0. The molecule has 20 heavy (non-hydrogen) atoms. The van der Waals surface area contributed by atoms with Crippen LogP contribution in [0.25, 0.3) is 0 Å². The first-order valence-corrected chi connectivity index (χ1v) is 7.37. The summed E-state index contributed by atoms with van der Waals surface area (Å²) in [5, 5.41) is 3.62. The Kier molecular flexibility index (Phi) is 4.33. The van der Waals surface area contributed by atoms with Gasteiger partial charge in [0, 0.05) is 17.8 Å². The lowest BCUT2D eigenvalue weighted by molar-refractivity contribution is 0.1000. The molecular weight excluding hydrogens is 250 g/mol. The molecule has 1 aliphatic rings. The van der Waals surface area contributed by atoms with Crippen molar-refractivity contribution in [2.45, 2.75) is 45.1 Å². The van der Waals surface area contributed by atoms with Crippen LogP contribution >= 0.6 is 0 Å². The number of anilines is 1. The monoisotopic (exact) mass is 275 g/mol. The standard InChI is InChI=1S/C16H25N3O/c1-11-9-13(6-7-14(11)15(18)20)19-16(10-17)8-4-3-5-12(16)2/h6-7,9,12,19H,3-5,8,10,17H2,1-2H3,(H2,18,20). The van der Waals surface area contributed by atoms with Crippen LogP contribution < -0.4 is 16.8 Å². The minimum atomic E-state index is -0.381. The molecule has 4 heteroatoms. The van der Waals surface area contributed by atoms with Gasteiger partial charge in [-0.1, -0.05) is 19.8 Å². The first-order valence-electron chi connectivity index (χ1n) is 7.37. The molecule has 2 atom stereocenters. The van der Waals surface area contributed by atoms with E-state index in [9.17, 15) is 4.79 Å². The Labute approximate surface area is 120 Å². The van der Waals surface area contributed by atoms with Gasteiger partial charge < -0.3 is 16.8 Å². The SMILES string of the molecule is Cc1cc(NC2(CN)CCCCC2C)ccc1C(N)=O. The first-order chi connectivity index (χ1) is 9.48. The molecule has 0 radical (unpaired) electrons. The van der Waals surface area contributed by atoms with E-state index in [0.717, 1.165) is 17.7 Å². The molecule has 110 valence electrons. The Hall–Kier alpha value is -1.55. The molecule has 2 rings (SSSR count). The second kappa shape index (κ2) is 5.83. The average Bonchev–Trinajstić information content (AvgIpc) is 2.41. The van der Waals surface area contributed by atoms with Gasteiger partial charge in [-0.2, -0.15) is 0 Å². The number of primary amides is 1. The molecule has 1 aromatic rings. The zero-order chi connectivity index (χ0) is 14.8. The number of benzene rings is 1. The molecule has 0 bridgehead atoms. The Morgan fingerprint density at radius 2 is 2.20 bits per heavy atom. The molecule has 5 N–H and O–H groups in total. The van der Waals surface area contributed by atoms with E-state index < -0.39 is 0 Å². The van der Waals surface area contributed by atoms with E-state index in [1.54, 1.807) is 6.07 Å². The minimum absolute atomic E-state index is 0.0288. The molecule has 1 fully saturated rings. The molecule has 0 saturated heterocycles. The summed E-state index contributed by atoms with van der Waals surface area (Å²) in [5.74, 6) is 0.172. The molecule has 1 saturated carbocycles. The third-order valence-corrected chi connectivity index (χ3v) is 4.70. The van der Waals surface area contributed by atoms with Crippen LogP contribution in [0.1, 0.15) is 48.5 Å². The predicted octanol–water partition coefficient (Wildman–Crippen LogP) is 2.41. The number of nitrogens with one attached hydrogen (secondary N) is 1. The van der Waals surface area contributed by atoms with Crippen molar-refractivity contribution in [3.05, 3.63) is 29.3 Å². The van der Waals surface area contributed by atoms with Gasteiger partial charge in [0.15, 0.2) is 0 Å². The van der Waals surface area contributed by atoms with E-state index in [1.807, 2.05) is 19.1 Å². The van der Waals surface area contributed by atoms with Crippen molar-refractivity contribution in [1.29, 1.82) is 0 Å². The summed E-state index contributed by atoms with van der Waals surface area (Å²) in [6.07, 6.45) is 4.81. The Bertz CT molecular complexity index is 500. The lowest BCUT2D eigenvalue weighted by Gasteiger charge is -2.43. The van der Waals surface area contributed by atoms with E-state index in [2.05, 4.69) is 12.2 Å². The van der Waals surface area contributed by atoms with E-state index in [0.29, 0.717) is 18.0 Å². The first kappa shape index (κ1) is 14.9. The number of carbonyl (C=O) groups is 1. The molecule has 4 nitrogen and oxygen atoms in total. The number of carbonyl (C=O) groups excluding carboxylic acids is 1. The maximum atomic E-state index is 11.3. The number of hydrogen-bond donors (Lipinski definition) is 3. The highest BCUT2D eigenvalue weighted by molar-refractivity contribution is 5.94. The smallest absolute Gasteiger partial charge is 0.248 e. The zero-order valence-corrected chi connectivity index (χ0v) is 12.4. The zero-order valence-electron chi connectivity index (χ0n) is 12.4. The van der Waals surface area contributed by atoms with Gasteiger partial charge in [-0.05, 0) is 49.4 Å². The molecule has 0 heterocycles. The summed E-state index contributed by atoms with van der Waals surface area (Å²) >= 11 is 0. The van der Waals surface area contributed by atoms with Gasteiger partial charge in [-0.3, -0.25) is 4.79 Å². The molecule has 0 spiro atoms. The van der Waals surface area contributed by atoms with Crippen LogP contribution in [0.15, 0.2) is 18.2 Å². The van der Waals surface area contributed by atoms with Crippen LogP contribution in [0, 0.1) is 12.8 Å². The van der Waals surface area contributed by atoms with Gasteiger partial charge in [0.1, 0.15) is 0 Å². The van der Waals surface area contributed by atoms with E-state index in [4.69, 9.17) is 11.5 Å². The maximum Gasteiger partial charge on any atom is 0.248 e. The van der Waals surface area contributed by atoms with E-state index >= 15 is 0 Å². The second-order valence-corrected chi connectivity index (χ2v) is 6.03. The van der Waals surface area contributed by atoms with Crippen LogP contribution in [-0.2, 0) is 0 Å². The van der Waals surface area contributed by atoms with Crippen LogP contribution in [0.2, 0.25) is 0 Å². The quantitative estimate of drug-likeness (QED) is 0.789. The molecule has 1 aliphatic carbocycles.